The van der Waals surface area contributed by atoms with Crippen LogP contribution in [0.2, 0.25) is 10.0 Å². The molecular weight excluding hydrogens is 417 g/mol. The lowest BCUT2D eigenvalue weighted by molar-refractivity contribution is 0.573. The summed E-state index contributed by atoms with van der Waals surface area (Å²) < 4.78 is 1.61. The van der Waals surface area contributed by atoms with Crippen molar-refractivity contribution in [2.45, 2.75) is 11.6 Å². The predicted molar refractivity (Wildman–Crippen MR) is 108 cm³/mol. The first kappa shape index (κ1) is 18.5. The molecule has 138 valence electrons. The fraction of sp³-hybridized carbons (Fsp3) is 0.0556. The quantitative estimate of drug-likeness (QED) is 0.496. The molecule has 0 saturated carbocycles. The largest absolute Gasteiger partial charge is 0.227 e. The van der Waals surface area contributed by atoms with Gasteiger partial charge in [-0.1, -0.05) is 35.3 Å². The zero-order valence-electron chi connectivity index (χ0n) is 14.2. The van der Waals surface area contributed by atoms with Gasteiger partial charge in [-0.25, -0.2) is 4.68 Å². The van der Waals surface area contributed by atoms with Gasteiger partial charge >= 0.3 is 0 Å². The molecule has 7 nitrogen and oxygen atoms in total. The summed E-state index contributed by atoms with van der Waals surface area (Å²) in [5.41, 5.74) is 2.92. The Kier molecular flexibility index (Phi) is 5.05. The lowest BCUT2D eigenvalue weighted by Gasteiger charge is -2.05. The molecule has 0 amide bonds. The van der Waals surface area contributed by atoms with Gasteiger partial charge in [0.15, 0.2) is 0 Å². The predicted octanol–water partition coefficient (Wildman–Crippen LogP) is 4.04. The molecule has 0 bridgehead atoms. The van der Waals surface area contributed by atoms with E-state index in [1.807, 2.05) is 12.1 Å². The van der Waals surface area contributed by atoms with Gasteiger partial charge < -0.3 is 0 Å². The maximum atomic E-state index is 8.87. The van der Waals surface area contributed by atoms with Crippen molar-refractivity contribution >= 4 is 35.8 Å². The number of hydrogen-bond acceptors (Lipinski definition) is 6. The maximum absolute atomic E-state index is 8.87. The fourth-order valence-corrected chi connectivity index (χ4v) is 3.19. The maximum Gasteiger partial charge on any atom is 0.209 e. The highest BCUT2D eigenvalue weighted by Gasteiger charge is 2.16. The minimum absolute atomic E-state index is 0.407. The van der Waals surface area contributed by atoms with Crippen LogP contribution >= 0.6 is 35.8 Å². The van der Waals surface area contributed by atoms with Gasteiger partial charge in [0.25, 0.3) is 0 Å². The summed E-state index contributed by atoms with van der Waals surface area (Å²) in [6.45, 7) is 0.432. The number of halogens is 2. The van der Waals surface area contributed by atoms with Gasteiger partial charge in [-0.15, -0.1) is 22.8 Å². The Hall–Kier alpha value is -2.86. The molecule has 4 aromatic rings. The van der Waals surface area contributed by atoms with Crippen LogP contribution in [-0.2, 0) is 6.54 Å². The number of nitrogens with zero attached hydrogens (tertiary/aromatic N) is 7. The normalized spacial score (nSPS) is 10.8. The van der Waals surface area contributed by atoms with Crippen molar-refractivity contribution in [3.8, 4) is 23.1 Å². The van der Waals surface area contributed by atoms with E-state index < -0.39 is 0 Å². The smallest absolute Gasteiger partial charge is 0.209 e. The molecule has 2 aromatic heterocycles. The van der Waals surface area contributed by atoms with Crippen LogP contribution < -0.4 is 0 Å². The first-order chi connectivity index (χ1) is 13.5. The summed E-state index contributed by atoms with van der Waals surface area (Å²) in [5.74, 6) is 0.407. The van der Waals surface area contributed by atoms with Gasteiger partial charge in [0, 0.05) is 0 Å². The Morgan fingerprint density at radius 1 is 1.07 bits per heavy atom. The molecule has 0 atom stereocenters. The number of nitriles is 1. The summed E-state index contributed by atoms with van der Waals surface area (Å²) in [6.07, 6.45) is 1.62. The summed E-state index contributed by atoms with van der Waals surface area (Å²) in [6, 6.07) is 14.5. The highest BCUT2D eigenvalue weighted by atomic mass is 35.5. The molecule has 0 aliphatic rings. The van der Waals surface area contributed by atoms with Crippen molar-refractivity contribution in [2.24, 2.45) is 0 Å². The summed E-state index contributed by atoms with van der Waals surface area (Å²) >= 11 is 16.6. The van der Waals surface area contributed by atoms with Crippen LogP contribution in [0.25, 0.3) is 17.1 Å². The molecule has 4 rings (SSSR count). The van der Waals surface area contributed by atoms with Gasteiger partial charge in [0.1, 0.15) is 5.03 Å². The Bertz CT molecular complexity index is 1190. The fourth-order valence-electron chi connectivity index (χ4n) is 2.57. The van der Waals surface area contributed by atoms with Gasteiger partial charge in [-0.05, 0) is 41.1 Å². The van der Waals surface area contributed by atoms with Crippen LogP contribution in [0.3, 0.4) is 0 Å². The Labute approximate surface area is 175 Å². The third kappa shape index (κ3) is 3.60. The van der Waals surface area contributed by atoms with Crippen molar-refractivity contribution < 1.29 is 0 Å². The lowest BCUT2D eigenvalue weighted by atomic mass is 10.1. The summed E-state index contributed by atoms with van der Waals surface area (Å²) in [5, 5.41) is 27.2. The van der Waals surface area contributed by atoms with Crippen molar-refractivity contribution in [3.63, 3.8) is 0 Å². The highest BCUT2D eigenvalue weighted by molar-refractivity contribution is 7.80. The second-order valence-electron chi connectivity index (χ2n) is 5.84. The molecule has 0 aliphatic carbocycles. The topological polar surface area (TPSA) is 85.2 Å². The standard InChI is InChI=1S/C18H11Cl2N7S/c19-15-6-5-13(7-16(15)20)27-18(28)14(9-22-27)17-23-25-26(24-17)10-12-3-1-11(8-21)2-4-12/h1-7,9,28H,10H2. The number of rotatable bonds is 4. The average molecular weight is 428 g/mol. The van der Waals surface area contributed by atoms with Crippen LogP contribution in [0, 0.1) is 11.3 Å². The minimum atomic E-state index is 0.407. The van der Waals surface area contributed by atoms with E-state index in [1.165, 1.54) is 4.80 Å². The average Bonchev–Trinajstić information content (AvgIpc) is 3.31. The third-order valence-electron chi connectivity index (χ3n) is 3.99. The van der Waals surface area contributed by atoms with E-state index in [0.29, 0.717) is 38.6 Å². The monoisotopic (exact) mass is 427 g/mol. The Balaban J connectivity index is 1.59. The number of thiol groups is 1. The van der Waals surface area contributed by atoms with Crippen LogP contribution in [-0.4, -0.2) is 30.0 Å². The van der Waals surface area contributed by atoms with Crippen LogP contribution in [0.15, 0.2) is 53.7 Å². The SMILES string of the molecule is N#Cc1ccc(Cn2nnc(-c3cnn(-c4ccc(Cl)c(Cl)c4)c3S)n2)cc1. The van der Waals surface area contributed by atoms with E-state index >= 15 is 0 Å². The van der Waals surface area contributed by atoms with E-state index in [-0.39, 0.29) is 0 Å². The molecule has 0 spiro atoms. The summed E-state index contributed by atoms with van der Waals surface area (Å²) in [4.78, 5) is 1.47. The van der Waals surface area contributed by atoms with Crippen molar-refractivity contribution in [2.75, 3.05) is 0 Å². The van der Waals surface area contributed by atoms with Gasteiger partial charge in [-0.3, -0.25) is 0 Å². The van der Waals surface area contributed by atoms with Crippen molar-refractivity contribution in [3.05, 3.63) is 69.8 Å². The Morgan fingerprint density at radius 2 is 1.86 bits per heavy atom. The van der Waals surface area contributed by atoms with Gasteiger partial charge in [0.05, 0.1) is 45.7 Å². The number of tetrazole rings is 1. The second kappa shape index (κ2) is 7.64. The molecule has 0 radical (unpaired) electrons. The van der Waals surface area contributed by atoms with Crippen molar-refractivity contribution in [1.29, 1.82) is 5.26 Å². The molecule has 0 aliphatic heterocycles. The van der Waals surface area contributed by atoms with Crippen LogP contribution in [0.4, 0.5) is 0 Å². The second-order valence-corrected chi connectivity index (χ2v) is 7.08. The zero-order valence-corrected chi connectivity index (χ0v) is 16.6. The molecule has 0 N–H and O–H groups in total. The van der Waals surface area contributed by atoms with Crippen LogP contribution in [0.5, 0.6) is 0 Å². The van der Waals surface area contributed by atoms with E-state index in [4.69, 9.17) is 28.5 Å². The Morgan fingerprint density at radius 3 is 2.57 bits per heavy atom. The molecule has 10 heteroatoms. The molecule has 2 aromatic carbocycles. The minimum Gasteiger partial charge on any atom is -0.227 e. The lowest BCUT2D eigenvalue weighted by Crippen LogP contribution is -2.04. The van der Waals surface area contributed by atoms with Gasteiger partial charge in [0.2, 0.25) is 5.82 Å². The summed E-state index contributed by atoms with van der Waals surface area (Å²) in [7, 11) is 0. The number of benzene rings is 2. The first-order valence-corrected chi connectivity index (χ1v) is 9.25. The van der Waals surface area contributed by atoms with E-state index in [9.17, 15) is 0 Å². The molecule has 0 saturated heterocycles. The van der Waals surface area contributed by atoms with E-state index in [2.05, 4.69) is 39.2 Å². The molecule has 0 unspecified atom stereocenters. The molecule has 0 fully saturated rings. The molecular formula is C18H11Cl2N7S. The van der Waals surface area contributed by atoms with Crippen molar-refractivity contribution in [1.82, 2.24) is 30.0 Å². The van der Waals surface area contributed by atoms with Crippen LogP contribution in [0.1, 0.15) is 11.1 Å². The first-order valence-electron chi connectivity index (χ1n) is 8.05. The molecule has 28 heavy (non-hydrogen) atoms. The molecule has 2 heterocycles. The highest BCUT2D eigenvalue weighted by Crippen LogP contribution is 2.29. The van der Waals surface area contributed by atoms with E-state index in [0.717, 1.165) is 11.3 Å². The zero-order chi connectivity index (χ0) is 19.7. The number of hydrogen-bond donors (Lipinski definition) is 1. The number of aromatic nitrogens is 6. The third-order valence-corrected chi connectivity index (χ3v) is 5.16. The van der Waals surface area contributed by atoms with Gasteiger partial charge in [-0.2, -0.15) is 15.2 Å². The van der Waals surface area contributed by atoms with E-state index in [1.54, 1.807) is 41.2 Å².